The molecule has 1 N–H and O–H groups in total. The third kappa shape index (κ3) is 3.41. The van der Waals surface area contributed by atoms with Crippen molar-refractivity contribution >= 4 is 0 Å². The first-order valence-electron chi connectivity index (χ1n) is 5.66. The Labute approximate surface area is 102 Å². The fourth-order valence-electron chi connectivity index (χ4n) is 1.82. The normalized spacial score (nSPS) is 14.9. The highest BCUT2D eigenvalue weighted by molar-refractivity contribution is 5.34. The average molecular weight is 241 g/mol. The molecule has 0 aliphatic heterocycles. The molecule has 0 aromatic heterocycles. The summed E-state index contributed by atoms with van der Waals surface area (Å²) in [5.41, 5.74) is 0.593. The number of aromatic hydroxyl groups is 1. The first-order chi connectivity index (χ1) is 7.97. The molecule has 1 aromatic rings. The molecule has 4 heteroatoms. The van der Waals surface area contributed by atoms with E-state index in [0.29, 0.717) is 12.2 Å². The van der Waals surface area contributed by atoms with Crippen molar-refractivity contribution in [3.8, 4) is 5.75 Å². The predicted octanol–water partition coefficient (Wildman–Crippen LogP) is 2.56. The van der Waals surface area contributed by atoms with Crippen LogP contribution in [0.1, 0.15) is 25.5 Å². The lowest BCUT2D eigenvalue weighted by Gasteiger charge is -2.31. The molecule has 96 valence electrons. The van der Waals surface area contributed by atoms with Gasteiger partial charge in [0, 0.05) is 24.8 Å². The molecule has 0 spiro atoms. The summed E-state index contributed by atoms with van der Waals surface area (Å²) in [6, 6.07) is 4.13. The van der Waals surface area contributed by atoms with Crippen molar-refractivity contribution in [2.24, 2.45) is 0 Å². The van der Waals surface area contributed by atoms with Crippen LogP contribution >= 0.6 is 0 Å². The van der Waals surface area contributed by atoms with Gasteiger partial charge in [0.05, 0.1) is 6.61 Å². The van der Waals surface area contributed by atoms with Crippen molar-refractivity contribution in [1.29, 1.82) is 0 Å². The Balaban J connectivity index is 2.87. The molecular formula is C13H20FNO2. The number of halogens is 1. The van der Waals surface area contributed by atoms with E-state index in [4.69, 9.17) is 4.74 Å². The summed E-state index contributed by atoms with van der Waals surface area (Å²) in [6.07, 6.45) is 0. The smallest absolute Gasteiger partial charge is 0.123 e. The number of hydrogen-bond donors (Lipinski definition) is 1. The van der Waals surface area contributed by atoms with E-state index >= 15 is 0 Å². The standard InChI is InChI=1S/C13H20FNO2/c1-9(8-17-4)15(3)10(2)12-7-11(14)5-6-13(12)16/h5-7,9-10,16H,8H2,1-4H3. The molecule has 2 unspecified atom stereocenters. The van der Waals surface area contributed by atoms with Crippen LogP contribution in [0.2, 0.25) is 0 Å². The molecule has 0 aliphatic carbocycles. The molecule has 1 aromatic carbocycles. The molecule has 3 nitrogen and oxygen atoms in total. The van der Waals surface area contributed by atoms with Crippen molar-refractivity contribution in [1.82, 2.24) is 4.90 Å². The van der Waals surface area contributed by atoms with Crippen LogP contribution in [0.25, 0.3) is 0 Å². The number of nitrogens with zero attached hydrogens (tertiary/aromatic N) is 1. The van der Waals surface area contributed by atoms with Crippen LogP contribution < -0.4 is 0 Å². The zero-order chi connectivity index (χ0) is 13.0. The van der Waals surface area contributed by atoms with E-state index in [-0.39, 0.29) is 23.7 Å². The van der Waals surface area contributed by atoms with Gasteiger partial charge in [-0.15, -0.1) is 0 Å². The van der Waals surface area contributed by atoms with E-state index in [9.17, 15) is 9.50 Å². The Morgan fingerprint density at radius 3 is 2.65 bits per heavy atom. The molecule has 0 aliphatic rings. The highest BCUT2D eigenvalue weighted by atomic mass is 19.1. The summed E-state index contributed by atoms with van der Waals surface area (Å²) in [5.74, 6) is -0.215. The first kappa shape index (κ1) is 13.9. The molecule has 17 heavy (non-hydrogen) atoms. The maximum Gasteiger partial charge on any atom is 0.123 e. The maximum atomic E-state index is 13.2. The molecular weight excluding hydrogens is 221 g/mol. The van der Waals surface area contributed by atoms with E-state index in [1.165, 1.54) is 18.2 Å². The monoisotopic (exact) mass is 241 g/mol. The van der Waals surface area contributed by atoms with Crippen LogP contribution in [0.4, 0.5) is 4.39 Å². The van der Waals surface area contributed by atoms with Gasteiger partial charge in [-0.05, 0) is 39.1 Å². The summed E-state index contributed by atoms with van der Waals surface area (Å²) in [7, 11) is 3.58. The fourth-order valence-corrected chi connectivity index (χ4v) is 1.82. The zero-order valence-electron chi connectivity index (χ0n) is 10.8. The summed E-state index contributed by atoms with van der Waals surface area (Å²) >= 11 is 0. The summed E-state index contributed by atoms with van der Waals surface area (Å²) in [6.45, 7) is 4.55. The Morgan fingerprint density at radius 2 is 2.06 bits per heavy atom. The van der Waals surface area contributed by atoms with E-state index in [0.717, 1.165) is 0 Å². The van der Waals surface area contributed by atoms with Crippen molar-refractivity contribution < 1.29 is 14.2 Å². The van der Waals surface area contributed by atoms with Gasteiger partial charge in [-0.1, -0.05) is 0 Å². The number of rotatable bonds is 5. The van der Waals surface area contributed by atoms with E-state index in [2.05, 4.69) is 0 Å². The van der Waals surface area contributed by atoms with Gasteiger partial charge in [0.1, 0.15) is 11.6 Å². The largest absolute Gasteiger partial charge is 0.508 e. The minimum atomic E-state index is -0.336. The predicted molar refractivity (Wildman–Crippen MR) is 65.6 cm³/mol. The van der Waals surface area contributed by atoms with Gasteiger partial charge >= 0.3 is 0 Å². The Kier molecular flexibility index (Phi) is 4.90. The second-order valence-electron chi connectivity index (χ2n) is 4.35. The second-order valence-corrected chi connectivity index (χ2v) is 4.35. The van der Waals surface area contributed by atoms with Crippen molar-refractivity contribution in [2.45, 2.75) is 25.9 Å². The summed E-state index contributed by atoms with van der Waals surface area (Å²) < 4.78 is 18.3. The van der Waals surface area contributed by atoms with Crippen LogP contribution in [-0.2, 0) is 4.74 Å². The number of methoxy groups -OCH3 is 1. The van der Waals surface area contributed by atoms with Crippen LogP contribution in [0.3, 0.4) is 0 Å². The Bertz CT molecular complexity index is 370. The minimum Gasteiger partial charge on any atom is -0.508 e. The van der Waals surface area contributed by atoms with Crippen LogP contribution in [-0.4, -0.2) is 36.8 Å². The van der Waals surface area contributed by atoms with Gasteiger partial charge in [0.2, 0.25) is 0 Å². The number of phenolic OH excluding ortho intramolecular Hbond substituents is 1. The van der Waals surface area contributed by atoms with Gasteiger partial charge in [-0.3, -0.25) is 4.90 Å². The minimum absolute atomic E-state index is 0.0733. The topological polar surface area (TPSA) is 32.7 Å². The van der Waals surface area contributed by atoms with Gasteiger partial charge < -0.3 is 9.84 Å². The molecule has 0 bridgehead atoms. The molecule has 0 radical (unpaired) electrons. The van der Waals surface area contributed by atoms with Crippen LogP contribution in [0.15, 0.2) is 18.2 Å². The van der Waals surface area contributed by atoms with E-state index < -0.39 is 0 Å². The summed E-state index contributed by atoms with van der Waals surface area (Å²) in [4.78, 5) is 2.04. The third-order valence-corrected chi connectivity index (χ3v) is 3.15. The quantitative estimate of drug-likeness (QED) is 0.860. The lowest BCUT2D eigenvalue weighted by atomic mass is 10.0. The highest BCUT2D eigenvalue weighted by Crippen LogP contribution is 2.29. The molecule has 0 saturated heterocycles. The SMILES string of the molecule is COCC(C)N(C)C(C)c1cc(F)ccc1O. The molecule has 0 fully saturated rings. The van der Waals surface area contributed by atoms with Crippen molar-refractivity contribution in [2.75, 3.05) is 20.8 Å². The third-order valence-electron chi connectivity index (χ3n) is 3.15. The maximum absolute atomic E-state index is 13.2. The van der Waals surface area contributed by atoms with Crippen molar-refractivity contribution in [3.63, 3.8) is 0 Å². The Morgan fingerprint density at radius 1 is 1.41 bits per heavy atom. The van der Waals surface area contributed by atoms with Gasteiger partial charge in [-0.2, -0.15) is 0 Å². The lowest BCUT2D eigenvalue weighted by Crippen LogP contribution is -2.34. The number of phenols is 1. The highest BCUT2D eigenvalue weighted by Gasteiger charge is 2.20. The van der Waals surface area contributed by atoms with Gasteiger partial charge in [0.15, 0.2) is 0 Å². The van der Waals surface area contributed by atoms with Crippen molar-refractivity contribution in [3.05, 3.63) is 29.6 Å². The van der Waals surface area contributed by atoms with E-state index in [1.54, 1.807) is 7.11 Å². The molecule has 2 atom stereocenters. The summed E-state index contributed by atoms with van der Waals surface area (Å²) in [5, 5.41) is 9.74. The Hall–Kier alpha value is -1.13. The second kappa shape index (κ2) is 5.98. The zero-order valence-corrected chi connectivity index (χ0v) is 10.8. The molecule has 1 rings (SSSR count). The van der Waals surface area contributed by atoms with Crippen LogP contribution in [0.5, 0.6) is 5.75 Å². The average Bonchev–Trinajstić information content (AvgIpc) is 2.30. The number of benzene rings is 1. The number of likely N-dealkylation sites (N-methyl/N-ethyl adjacent to an activating group) is 1. The lowest BCUT2D eigenvalue weighted by molar-refractivity contribution is 0.0931. The number of hydrogen-bond acceptors (Lipinski definition) is 3. The molecule has 0 saturated carbocycles. The van der Waals surface area contributed by atoms with Gasteiger partial charge in [-0.25, -0.2) is 4.39 Å². The van der Waals surface area contributed by atoms with Gasteiger partial charge in [0.25, 0.3) is 0 Å². The van der Waals surface area contributed by atoms with Crippen LogP contribution in [0, 0.1) is 5.82 Å². The fraction of sp³-hybridized carbons (Fsp3) is 0.538. The molecule has 0 amide bonds. The van der Waals surface area contributed by atoms with E-state index in [1.807, 2.05) is 25.8 Å². The first-order valence-corrected chi connectivity index (χ1v) is 5.66. The number of ether oxygens (including phenoxy) is 1. The molecule has 0 heterocycles.